The highest BCUT2D eigenvalue weighted by Gasteiger charge is 2.49. The summed E-state index contributed by atoms with van der Waals surface area (Å²) in [5, 5.41) is 5.43. The van der Waals surface area contributed by atoms with Crippen molar-refractivity contribution < 1.29 is 14.4 Å². The van der Waals surface area contributed by atoms with E-state index in [0.717, 1.165) is 15.8 Å². The molecule has 0 spiro atoms. The molecule has 0 aromatic heterocycles. The van der Waals surface area contributed by atoms with Crippen molar-refractivity contribution >= 4 is 33.8 Å². The van der Waals surface area contributed by atoms with Gasteiger partial charge in [-0.1, -0.05) is 41.9 Å². The Morgan fingerprint density at radius 1 is 1.38 bits per heavy atom. The molecule has 2 rings (SSSR count). The van der Waals surface area contributed by atoms with Crippen LogP contribution >= 0.6 is 15.9 Å². The minimum absolute atomic E-state index is 0.271. The van der Waals surface area contributed by atoms with E-state index < -0.39 is 17.5 Å². The molecule has 1 aromatic carbocycles. The molecule has 2 N–H and O–H groups in total. The highest BCUT2D eigenvalue weighted by molar-refractivity contribution is 9.10. The minimum atomic E-state index is -1.17. The highest BCUT2D eigenvalue weighted by Crippen LogP contribution is 2.30. The second-order valence-corrected chi connectivity index (χ2v) is 7.40. The number of halogens is 1. The SMILES string of the molecule is CC(C)CCNC(=O)CN1C(=O)N[C@@](C)(c2cccc(Br)c2)C1=O. The van der Waals surface area contributed by atoms with Gasteiger partial charge in [-0.25, -0.2) is 4.79 Å². The Morgan fingerprint density at radius 2 is 2.08 bits per heavy atom. The number of nitrogens with one attached hydrogen (secondary N) is 2. The second kappa shape index (κ2) is 7.34. The Morgan fingerprint density at radius 3 is 2.71 bits per heavy atom. The van der Waals surface area contributed by atoms with Crippen LogP contribution in [0, 0.1) is 5.92 Å². The summed E-state index contributed by atoms with van der Waals surface area (Å²) in [5.74, 6) is -0.288. The van der Waals surface area contributed by atoms with E-state index in [9.17, 15) is 14.4 Å². The lowest BCUT2D eigenvalue weighted by Gasteiger charge is -2.22. The van der Waals surface area contributed by atoms with E-state index in [-0.39, 0.29) is 12.5 Å². The smallest absolute Gasteiger partial charge is 0.325 e. The third kappa shape index (κ3) is 3.95. The first kappa shape index (κ1) is 18.4. The molecule has 4 amide bonds. The maximum atomic E-state index is 12.7. The summed E-state index contributed by atoms with van der Waals surface area (Å²) in [5.41, 5.74) is -0.503. The molecule has 0 radical (unpaired) electrons. The van der Waals surface area contributed by atoms with Crippen molar-refractivity contribution in [1.29, 1.82) is 0 Å². The van der Waals surface area contributed by atoms with Crippen molar-refractivity contribution in [2.24, 2.45) is 5.92 Å². The van der Waals surface area contributed by atoms with Gasteiger partial charge in [-0.3, -0.25) is 14.5 Å². The number of amides is 4. The fourth-order valence-corrected chi connectivity index (χ4v) is 2.93. The molecular weight excluding hydrogens is 374 g/mol. The number of hydrogen-bond acceptors (Lipinski definition) is 3. The van der Waals surface area contributed by atoms with Gasteiger partial charge >= 0.3 is 6.03 Å². The van der Waals surface area contributed by atoms with Gasteiger partial charge in [0.2, 0.25) is 5.91 Å². The molecule has 6 nitrogen and oxygen atoms in total. The van der Waals surface area contributed by atoms with E-state index >= 15 is 0 Å². The number of hydrogen-bond donors (Lipinski definition) is 2. The third-order valence-electron chi connectivity index (χ3n) is 4.02. The van der Waals surface area contributed by atoms with Crippen LogP contribution in [0.25, 0.3) is 0 Å². The van der Waals surface area contributed by atoms with Crippen molar-refractivity contribution in [3.8, 4) is 0 Å². The van der Waals surface area contributed by atoms with Crippen LogP contribution in [-0.2, 0) is 15.1 Å². The number of imide groups is 1. The number of carbonyl (C=O) groups is 3. The lowest BCUT2D eigenvalue weighted by molar-refractivity contribution is -0.134. The molecule has 0 bridgehead atoms. The van der Waals surface area contributed by atoms with Crippen LogP contribution in [0.1, 0.15) is 32.8 Å². The topological polar surface area (TPSA) is 78.5 Å². The van der Waals surface area contributed by atoms with Crippen LogP contribution < -0.4 is 10.6 Å². The first-order valence-corrected chi connectivity index (χ1v) is 8.70. The van der Waals surface area contributed by atoms with Gasteiger partial charge < -0.3 is 10.6 Å². The van der Waals surface area contributed by atoms with Crippen molar-refractivity contribution in [1.82, 2.24) is 15.5 Å². The molecule has 0 saturated carbocycles. The zero-order chi connectivity index (χ0) is 17.9. The summed E-state index contributed by atoms with van der Waals surface area (Å²) in [6, 6.07) is 6.64. The molecular formula is C17H22BrN3O3. The van der Waals surface area contributed by atoms with E-state index in [2.05, 4.69) is 40.4 Å². The molecule has 7 heteroatoms. The Kier molecular flexibility index (Phi) is 5.64. The van der Waals surface area contributed by atoms with Crippen molar-refractivity contribution in [2.45, 2.75) is 32.7 Å². The zero-order valence-corrected chi connectivity index (χ0v) is 15.6. The first-order chi connectivity index (χ1) is 11.2. The second-order valence-electron chi connectivity index (χ2n) is 6.49. The molecule has 1 heterocycles. The van der Waals surface area contributed by atoms with Crippen molar-refractivity contribution in [3.05, 3.63) is 34.3 Å². The maximum Gasteiger partial charge on any atom is 0.325 e. The number of benzene rings is 1. The standard InChI is InChI=1S/C17H22BrN3O3/c1-11(2)7-8-19-14(22)10-21-15(23)17(3,20-16(21)24)12-5-4-6-13(18)9-12/h4-6,9,11H,7-8,10H2,1-3H3,(H,19,22)(H,20,24)/t17-/m0/s1. The summed E-state index contributed by atoms with van der Waals surface area (Å²) in [6.07, 6.45) is 0.849. The quantitative estimate of drug-likeness (QED) is 0.725. The van der Waals surface area contributed by atoms with E-state index in [1.807, 2.05) is 6.07 Å². The van der Waals surface area contributed by atoms with Crippen LogP contribution in [0.5, 0.6) is 0 Å². The van der Waals surface area contributed by atoms with Crippen molar-refractivity contribution in [3.63, 3.8) is 0 Å². The van der Waals surface area contributed by atoms with Gasteiger partial charge in [-0.05, 0) is 37.0 Å². The number of carbonyl (C=O) groups excluding carboxylic acids is 3. The highest BCUT2D eigenvalue weighted by atomic mass is 79.9. The fraction of sp³-hybridized carbons (Fsp3) is 0.471. The molecule has 1 atom stereocenters. The van der Waals surface area contributed by atoms with Crippen LogP contribution in [0.4, 0.5) is 4.79 Å². The van der Waals surface area contributed by atoms with E-state index in [1.54, 1.807) is 25.1 Å². The van der Waals surface area contributed by atoms with Gasteiger partial charge in [0.05, 0.1) is 0 Å². The Labute approximate surface area is 150 Å². The molecule has 0 unspecified atom stereocenters. The molecule has 130 valence electrons. The minimum Gasteiger partial charge on any atom is -0.355 e. The van der Waals surface area contributed by atoms with Gasteiger partial charge in [-0.15, -0.1) is 0 Å². The first-order valence-electron chi connectivity index (χ1n) is 7.91. The molecule has 1 fully saturated rings. The number of rotatable bonds is 6. The Balaban J connectivity index is 2.07. The zero-order valence-electron chi connectivity index (χ0n) is 14.1. The van der Waals surface area contributed by atoms with Gasteiger partial charge in [0.1, 0.15) is 12.1 Å². The molecule has 1 aliphatic heterocycles. The average Bonchev–Trinajstić information content (AvgIpc) is 2.71. The Hall–Kier alpha value is -1.89. The number of urea groups is 1. The third-order valence-corrected chi connectivity index (χ3v) is 4.52. The summed E-state index contributed by atoms with van der Waals surface area (Å²) in [4.78, 5) is 37.8. The predicted octanol–water partition coefficient (Wildman–Crippen LogP) is 2.38. The normalized spacial score (nSPS) is 20.5. The summed E-state index contributed by atoms with van der Waals surface area (Å²) in [7, 11) is 0. The van der Waals surface area contributed by atoms with E-state index in [1.165, 1.54) is 0 Å². The fourth-order valence-electron chi connectivity index (χ4n) is 2.54. The molecule has 1 aromatic rings. The van der Waals surface area contributed by atoms with Crippen LogP contribution in [0.2, 0.25) is 0 Å². The lowest BCUT2D eigenvalue weighted by Crippen LogP contribution is -2.43. The summed E-state index contributed by atoms with van der Waals surface area (Å²) < 4.78 is 0.813. The molecule has 0 aliphatic carbocycles. The Bertz CT molecular complexity index is 662. The number of nitrogens with zero attached hydrogens (tertiary/aromatic N) is 1. The van der Waals surface area contributed by atoms with Gasteiger partial charge in [0, 0.05) is 11.0 Å². The molecule has 24 heavy (non-hydrogen) atoms. The van der Waals surface area contributed by atoms with Gasteiger partial charge in [0.15, 0.2) is 0 Å². The maximum absolute atomic E-state index is 12.7. The molecule has 1 saturated heterocycles. The van der Waals surface area contributed by atoms with Crippen LogP contribution in [-0.4, -0.2) is 35.8 Å². The van der Waals surface area contributed by atoms with Gasteiger partial charge in [0.25, 0.3) is 5.91 Å². The van der Waals surface area contributed by atoms with Crippen molar-refractivity contribution in [2.75, 3.05) is 13.1 Å². The summed E-state index contributed by atoms with van der Waals surface area (Å²) in [6.45, 7) is 6.03. The molecule has 1 aliphatic rings. The summed E-state index contributed by atoms with van der Waals surface area (Å²) >= 11 is 3.36. The van der Waals surface area contributed by atoms with Crippen LogP contribution in [0.3, 0.4) is 0 Å². The average molecular weight is 396 g/mol. The lowest BCUT2D eigenvalue weighted by atomic mass is 9.92. The monoisotopic (exact) mass is 395 g/mol. The van der Waals surface area contributed by atoms with Crippen LogP contribution in [0.15, 0.2) is 28.7 Å². The van der Waals surface area contributed by atoms with E-state index in [0.29, 0.717) is 18.0 Å². The van der Waals surface area contributed by atoms with E-state index in [4.69, 9.17) is 0 Å². The van der Waals surface area contributed by atoms with Gasteiger partial charge in [-0.2, -0.15) is 0 Å². The predicted molar refractivity (Wildman–Crippen MR) is 94.2 cm³/mol. The largest absolute Gasteiger partial charge is 0.355 e.